The Morgan fingerprint density at radius 2 is 2.00 bits per heavy atom. The zero-order valence-electron chi connectivity index (χ0n) is 14.1. The van der Waals surface area contributed by atoms with Gasteiger partial charge in [-0.1, -0.05) is 19.3 Å². The number of hydrogen-bond donors (Lipinski definition) is 2. The first-order valence-electron chi connectivity index (χ1n) is 8.18. The molecular weight excluding hydrogens is 360 g/mol. The number of amides is 4. The monoisotopic (exact) mass is 378 g/mol. The summed E-state index contributed by atoms with van der Waals surface area (Å²) in [6, 6.07) is 3.34. The van der Waals surface area contributed by atoms with Crippen LogP contribution in [0.4, 0.5) is 10.5 Å². The molecule has 1 saturated heterocycles. The molecule has 2 aliphatic rings. The van der Waals surface area contributed by atoms with Crippen molar-refractivity contribution in [1.82, 2.24) is 15.8 Å². The summed E-state index contributed by atoms with van der Waals surface area (Å²) in [7, 11) is 0. The van der Waals surface area contributed by atoms with E-state index in [-0.39, 0.29) is 11.3 Å². The molecule has 10 heteroatoms. The van der Waals surface area contributed by atoms with E-state index in [2.05, 4.69) is 10.7 Å². The molecule has 3 rings (SSSR count). The number of rotatable bonds is 4. The van der Waals surface area contributed by atoms with E-state index in [1.807, 2.05) is 0 Å². The second-order valence-electron chi connectivity index (χ2n) is 6.30. The van der Waals surface area contributed by atoms with Crippen LogP contribution in [-0.4, -0.2) is 39.6 Å². The molecule has 9 nitrogen and oxygen atoms in total. The van der Waals surface area contributed by atoms with Gasteiger partial charge in [-0.05, 0) is 31.2 Å². The Balaban J connectivity index is 1.80. The van der Waals surface area contributed by atoms with Crippen LogP contribution in [0.2, 0.25) is 0 Å². The van der Waals surface area contributed by atoms with E-state index >= 15 is 0 Å². The fourth-order valence-electron chi connectivity index (χ4n) is 3.36. The topological polar surface area (TPSA) is 122 Å². The van der Waals surface area contributed by atoms with E-state index in [9.17, 15) is 24.5 Å². The zero-order chi connectivity index (χ0) is 18.9. The van der Waals surface area contributed by atoms with Gasteiger partial charge in [0.1, 0.15) is 5.54 Å². The lowest BCUT2D eigenvalue weighted by atomic mass is 9.82. The summed E-state index contributed by atoms with van der Waals surface area (Å²) in [4.78, 5) is 48.2. The van der Waals surface area contributed by atoms with Crippen molar-refractivity contribution >= 4 is 35.3 Å². The molecule has 0 radical (unpaired) electrons. The maximum absolute atomic E-state index is 12.7. The highest BCUT2D eigenvalue weighted by Gasteiger charge is 2.52. The Kier molecular flexibility index (Phi) is 4.86. The predicted octanol–water partition coefficient (Wildman–Crippen LogP) is 2.22. The highest BCUT2D eigenvalue weighted by atomic mass is 32.2. The van der Waals surface area contributed by atoms with Crippen LogP contribution in [0.5, 0.6) is 0 Å². The molecule has 1 heterocycles. The molecule has 0 unspecified atom stereocenters. The van der Waals surface area contributed by atoms with E-state index in [1.54, 1.807) is 6.26 Å². The molecule has 1 aliphatic heterocycles. The zero-order valence-corrected chi connectivity index (χ0v) is 14.9. The molecule has 0 atom stereocenters. The van der Waals surface area contributed by atoms with E-state index in [1.165, 1.54) is 23.9 Å². The van der Waals surface area contributed by atoms with E-state index in [0.29, 0.717) is 22.7 Å². The van der Waals surface area contributed by atoms with Gasteiger partial charge in [0.25, 0.3) is 17.5 Å². The van der Waals surface area contributed by atoms with Gasteiger partial charge in [0.15, 0.2) is 0 Å². The lowest BCUT2D eigenvalue weighted by Gasteiger charge is -2.30. The minimum atomic E-state index is -0.947. The van der Waals surface area contributed by atoms with Crippen molar-refractivity contribution in [2.75, 3.05) is 6.26 Å². The lowest BCUT2D eigenvalue weighted by Crippen LogP contribution is -2.50. The average molecular weight is 378 g/mol. The number of imide groups is 1. The molecule has 138 valence electrons. The quantitative estimate of drug-likeness (QED) is 0.358. The number of nitrogens with one attached hydrogen (secondary N) is 2. The number of nitrogens with zero attached hydrogens (tertiary/aromatic N) is 2. The first-order valence-corrected chi connectivity index (χ1v) is 9.40. The van der Waals surface area contributed by atoms with E-state index in [0.717, 1.165) is 25.3 Å². The van der Waals surface area contributed by atoms with Crippen molar-refractivity contribution in [1.29, 1.82) is 0 Å². The van der Waals surface area contributed by atoms with Crippen molar-refractivity contribution in [3.8, 4) is 0 Å². The summed E-state index contributed by atoms with van der Waals surface area (Å²) in [5.74, 6) is -1.23. The van der Waals surface area contributed by atoms with Crippen LogP contribution in [-0.2, 0) is 4.79 Å². The van der Waals surface area contributed by atoms with Crippen molar-refractivity contribution < 1.29 is 19.3 Å². The summed E-state index contributed by atoms with van der Waals surface area (Å²) >= 11 is 1.19. The van der Waals surface area contributed by atoms with Crippen LogP contribution in [0.1, 0.15) is 42.5 Å². The average Bonchev–Trinajstić information content (AvgIpc) is 2.85. The number of carbonyl (C=O) groups excluding carboxylic acids is 3. The van der Waals surface area contributed by atoms with Gasteiger partial charge in [-0.25, -0.2) is 4.79 Å². The van der Waals surface area contributed by atoms with Gasteiger partial charge in [0.2, 0.25) is 0 Å². The summed E-state index contributed by atoms with van der Waals surface area (Å²) in [6.07, 6.45) is 5.43. The lowest BCUT2D eigenvalue weighted by molar-refractivity contribution is -0.387. The Morgan fingerprint density at radius 1 is 1.31 bits per heavy atom. The fraction of sp³-hybridized carbons (Fsp3) is 0.438. The highest BCUT2D eigenvalue weighted by Crippen LogP contribution is 2.33. The van der Waals surface area contributed by atoms with Crippen LogP contribution < -0.4 is 10.7 Å². The molecule has 1 saturated carbocycles. The summed E-state index contributed by atoms with van der Waals surface area (Å²) in [5.41, 5.74) is 1.12. The largest absolute Gasteiger partial charge is 0.344 e. The third-order valence-corrected chi connectivity index (χ3v) is 5.51. The summed E-state index contributed by atoms with van der Waals surface area (Å²) in [6.45, 7) is 0. The summed E-state index contributed by atoms with van der Waals surface area (Å²) in [5, 5.41) is 14.5. The Hall–Kier alpha value is -2.62. The molecule has 0 aromatic heterocycles. The highest BCUT2D eigenvalue weighted by molar-refractivity contribution is 7.98. The van der Waals surface area contributed by atoms with Gasteiger partial charge in [-0.15, -0.1) is 11.8 Å². The van der Waals surface area contributed by atoms with E-state index < -0.39 is 28.3 Å². The van der Waals surface area contributed by atoms with Crippen LogP contribution in [0, 0.1) is 10.1 Å². The Morgan fingerprint density at radius 3 is 2.62 bits per heavy atom. The van der Waals surface area contributed by atoms with Crippen molar-refractivity contribution in [2.24, 2.45) is 0 Å². The number of hydrazine groups is 1. The molecule has 1 aliphatic carbocycles. The number of urea groups is 1. The SMILES string of the molecule is CSc1ccc(C(=O)NN2C(=O)NC3(CCCCC3)C2=O)cc1[N+](=O)[O-]. The first kappa shape index (κ1) is 18.2. The predicted molar refractivity (Wildman–Crippen MR) is 93.5 cm³/mol. The molecule has 2 N–H and O–H groups in total. The molecule has 26 heavy (non-hydrogen) atoms. The molecule has 0 bridgehead atoms. The number of thioether (sulfide) groups is 1. The van der Waals surface area contributed by atoms with Gasteiger partial charge in [-0.3, -0.25) is 25.1 Å². The Labute approximate surface area is 153 Å². The standard InChI is InChI=1S/C16H18N4O5S/c1-26-12-6-5-10(9-11(12)20(24)25)13(21)18-19-14(22)16(17-15(19)23)7-3-2-4-8-16/h5-6,9H,2-4,7-8H2,1H3,(H,17,23)(H,18,21). The molecule has 1 aromatic carbocycles. The number of benzene rings is 1. The number of hydrogen-bond acceptors (Lipinski definition) is 6. The van der Waals surface area contributed by atoms with Crippen molar-refractivity contribution in [2.45, 2.75) is 42.5 Å². The van der Waals surface area contributed by atoms with E-state index in [4.69, 9.17) is 0 Å². The maximum Gasteiger partial charge on any atom is 0.344 e. The van der Waals surface area contributed by atoms with Gasteiger partial charge in [0.05, 0.1) is 9.82 Å². The minimum Gasteiger partial charge on any atom is -0.322 e. The maximum atomic E-state index is 12.7. The van der Waals surface area contributed by atoms with Crippen molar-refractivity contribution in [3.63, 3.8) is 0 Å². The van der Waals surface area contributed by atoms with Gasteiger partial charge in [0, 0.05) is 11.6 Å². The minimum absolute atomic E-state index is 0.000283. The van der Waals surface area contributed by atoms with Crippen LogP contribution in [0.15, 0.2) is 23.1 Å². The van der Waals surface area contributed by atoms with Crippen LogP contribution >= 0.6 is 11.8 Å². The number of carbonyl (C=O) groups is 3. The second-order valence-corrected chi connectivity index (χ2v) is 7.15. The van der Waals surface area contributed by atoms with Crippen LogP contribution in [0.3, 0.4) is 0 Å². The smallest absolute Gasteiger partial charge is 0.322 e. The third kappa shape index (κ3) is 3.12. The second kappa shape index (κ2) is 6.94. The first-order chi connectivity index (χ1) is 12.4. The number of nitro benzene ring substituents is 1. The third-order valence-electron chi connectivity index (χ3n) is 4.72. The van der Waals surface area contributed by atoms with Gasteiger partial charge < -0.3 is 5.32 Å². The number of nitro groups is 1. The molecule has 2 fully saturated rings. The Bertz CT molecular complexity index is 791. The molecular formula is C16H18N4O5S. The van der Waals surface area contributed by atoms with Gasteiger partial charge in [-0.2, -0.15) is 5.01 Å². The molecule has 4 amide bonds. The normalized spacial score (nSPS) is 18.7. The molecule has 1 aromatic rings. The molecule has 1 spiro atoms. The fourth-order valence-corrected chi connectivity index (χ4v) is 3.90. The van der Waals surface area contributed by atoms with Gasteiger partial charge >= 0.3 is 6.03 Å². The summed E-state index contributed by atoms with van der Waals surface area (Å²) < 4.78 is 0. The van der Waals surface area contributed by atoms with Crippen molar-refractivity contribution in [3.05, 3.63) is 33.9 Å². The van der Waals surface area contributed by atoms with Crippen LogP contribution in [0.25, 0.3) is 0 Å².